The van der Waals surface area contributed by atoms with Crippen LogP contribution < -0.4 is 10.1 Å². The van der Waals surface area contributed by atoms with Crippen molar-refractivity contribution < 1.29 is 19.4 Å². The van der Waals surface area contributed by atoms with Gasteiger partial charge < -0.3 is 15.2 Å². The Morgan fingerprint density at radius 3 is 2.50 bits per heavy atom. The Hall–Kier alpha value is -2.30. The maximum absolute atomic E-state index is 11.5. The highest BCUT2D eigenvalue weighted by molar-refractivity contribution is 5.76. The number of benzene rings is 1. The van der Waals surface area contributed by atoms with E-state index in [1.807, 2.05) is 31.2 Å². The fourth-order valence-corrected chi connectivity index (χ4v) is 1.81. The summed E-state index contributed by atoms with van der Waals surface area (Å²) in [5.74, 6) is -0.213. The second-order valence-electron chi connectivity index (χ2n) is 5.24. The summed E-state index contributed by atoms with van der Waals surface area (Å²) in [5, 5.41) is 11.1. The van der Waals surface area contributed by atoms with E-state index in [0.29, 0.717) is 13.0 Å². The lowest BCUT2D eigenvalue weighted by Gasteiger charge is -2.07. The summed E-state index contributed by atoms with van der Waals surface area (Å²) in [4.78, 5) is 21.8. The molecule has 2 N–H and O–H groups in total. The minimum Gasteiger partial charge on any atom is -0.489 e. The summed E-state index contributed by atoms with van der Waals surface area (Å²) in [7, 11) is 0. The molecule has 22 heavy (non-hydrogen) atoms. The molecule has 120 valence electrons. The Kier molecular flexibility index (Phi) is 7.75. The van der Waals surface area contributed by atoms with Gasteiger partial charge in [-0.3, -0.25) is 9.59 Å². The molecule has 5 nitrogen and oxygen atoms in total. The van der Waals surface area contributed by atoms with Crippen LogP contribution in [0.15, 0.2) is 36.4 Å². The van der Waals surface area contributed by atoms with E-state index in [-0.39, 0.29) is 18.9 Å². The van der Waals surface area contributed by atoms with E-state index in [4.69, 9.17) is 9.84 Å². The predicted octanol–water partition coefficient (Wildman–Crippen LogP) is 2.56. The molecule has 1 amide bonds. The van der Waals surface area contributed by atoms with Crippen LogP contribution in [-0.4, -0.2) is 30.1 Å². The van der Waals surface area contributed by atoms with Gasteiger partial charge in [0.2, 0.25) is 5.91 Å². The molecule has 0 unspecified atom stereocenters. The van der Waals surface area contributed by atoms with Gasteiger partial charge in [-0.1, -0.05) is 18.7 Å². The number of hydrogen-bond donors (Lipinski definition) is 2. The van der Waals surface area contributed by atoms with Crippen LogP contribution in [0.3, 0.4) is 0 Å². The molecule has 0 aromatic heterocycles. The Morgan fingerprint density at radius 2 is 1.91 bits per heavy atom. The van der Waals surface area contributed by atoms with Crippen molar-refractivity contribution >= 4 is 11.9 Å². The first kappa shape index (κ1) is 17.8. The molecule has 1 aromatic carbocycles. The van der Waals surface area contributed by atoms with Gasteiger partial charge in [0, 0.05) is 13.0 Å². The molecule has 0 atom stereocenters. The number of carboxylic acids is 1. The number of nitrogens with one attached hydrogen (secondary N) is 1. The van der Waals surface area contributed by atoms with Gasteiger partial charge in [0.05, 0.1) is 6.42 Å². The summed E-state index contributed by atoms with van der Waals surface area (Å²) < 4.78 is 5.52. The van der Waals surface area contributed by atoms with Crippen molar-refractivity contribution in [1.82, 2.24) is 5.32 Å². The zero-order chi connectivity index (χ0) is 16.4. The van der Waals surface area contributed by atoms with Crippen LogP contribution in [-0.2, 0) is 16.0 Å². The largest absolute Gasteiger partial charge is 0.489 e. The minimum absolute atomic E-state index is 0.0443. The van der Waals surface area contributed by atoms with Crippen molar-refractivity contribution in [3.05, 3.63) is 42.0 Å². The van der Waals surface area contributed by atoms with Gasteiger partial charge in [-0.25, -0.2) is 0 Å². The molecule has 1 rings (SSSR count). The van der Waals surface area contributed by atoms with Crippen molar-refractivity contribution in [3.8, 4) is 5.75 Å². The number of amides is 1. The van der Waals surface area contributed by atoms with Gasteiger partial charge in [0.25, 0.3) is 0 Å². The van der Waals surface area contributed by atoms with Crippen LogP contribution in [0.4, 0.5) is 0 Å². The van der Waals surface area contributed by atoms with Crippen molar-refractivity contribution in [2.45, 2.75) is 32.6 Å². The fraction of sp³-hybridized carbons (Fsp3) is 0.412. The lowest BCUT2D eigenvalue weighted by atomic mass is 10.1. The summed E-state index contributed by atoms with van der Waals surface area (Å²) in [5.41, 5.74) is 2.11. The van der Waals surface area contributed by atoms with Crippen LogP contribution >= 0.6 is 0 Å². The van der Waals surface area contributed by atoms with Crippen molar-refractivity contribution in [2.75, 3.05) is 13.2 Å². The Morgan fingerprint density at radius 1 is 1.23 bits per heavy atom. The van der Waals surface area contributed by atoms with Crippen LogP contribution in [0, 0.1) is 0 Å². The molecule has 0 saturated carbocycles. The van der Waals surface area contributed by atoms with Crippen molar-refractivity contribution in [2.24, 2.45) is 0 Å². The number of ether oxygens (including phenoxy) is 1. The number of carbonyl (C=O) groups excluding carboxylic acids is 1. The van der Waals surface area contributed by atoms with Gasteiger partial charge in [0.15, 0.2) is 0 Å². The number of aryl methyl sites for hydroxylation is 1. The highest BCUT2D eigenvalue weighted by Crippen LogP contribution is 2.14. The number of aliphatic carboxylic acids is 1. The van der Waals surface area contributed by atoms with E-state index >= 15 is 0 Å². The Bertz CT molecular complexity index is 508. The number of rotatable bonds is 10. The van der Waals surface area contributed by atoms with Crippen molar-refractivity contribution in [1.29, 1.82) is 0 Å². The second kappa shape index (κ2) is 9.60. The van der Waals surface area contributed by atoms with Gasteiger partial charge in [-0.15, -0.1) is 0 Å². The highest BCUT2D eigenvalue weighted by Gasteiger charge is 2.03. The van der Waals surface area contributed by atoms with Crippen LogP contribution in [0.2, 0.25) is 0 Å². The third kappa shape index (κ3) is 8.09. The zero-order valence-electron chi connectivity index (χ0n) is 12.9. The molecule has 1 aromatic rings. The van der Waals surface area contributed by atoms with E-state index in [9.17, 15) is 9.59 Å². The molecular weight excluding hydrogens is 282 g/mol. The normalized spacial score (nSPS) is 10.0. The van der Waals surface area contributed by atoms with Gasteiger partial charge in [-0.05, 0) is 43.0 Å². The average molecular weight is 305 g/mol. The van der Waals surface area contributed by atoms with Crippen LogP contribution in [0.25, 0.3) is 0 Å². The summed E-state index contributed by atoms with van der Waals surface area (Å²) in [6.45, 7) is 6.39. The maximum Gasteiger partial charge on any atom is 0.305 e. The molecule has 5 heteroatoms. The van der Waals surface area contributed by atoms with Gasteiger partial charge in [0.1, 0.15) is 12.4 Å². The summed E-state index contributed by atoms with van der Waals surface area (Å²) in [6.07, 6.45) is 1.88. The lowest BCUT2D eigenvalue weighted by molar-refractivity contribution is -0.136. The molecule has 0 heterocycles. The van der Waals surface area contributed by atoms with Crippen LogP contribution in [0.1, 0.15) is 31.7 Å². The third-order valence-electron chi connectivity index (χ3n) is 2.94. The van der Waals surface area contributed by atoms with E-state index in [1.165, 1.54) is 0 Å². The quantitative estimate of drug-likeness (QED) is 0.651. The SMILES string of the molecule is C=C(C)COc1ccc(CCCC(=O)NCCC(=O)O)cc1. The monoisotopic (exact) mass is 305 g/mol. The molecule has 0 aliphatic carbocycles. The summed E-state index contributed by atoms with van der Waals surface area (Å²) in [6, 6.07) is 7.78. The molecule has 0 aliphatic rings. The smallest absolute Gasteiger partial charge is 0.305 e. The molecule has 0 saturated heterocycles. The number of hydrogen-bond acceptors (Lipinski definition) is 3. The topological polar surface area (TPSA) is 75.6 Å². The number of carbonyl (C=O) groups is 2. The van der Waals surface area contributed by atoms with E-state index in [1.54, 1.807) is 0 Å². The lowest BCUT2D eigenvalue weighted by Crippen LogP contribution is -2.25. The second-order valence-corrected chi connectivity index (χ2v) is 5.24. The molecule has 0 aliphatic heterocycles. The van der Waals surface area contributed by atoms with E-state index < -0.39 is 5.97 Å². The minimum atomic E-state index is -0.908. The zero-order valence-corrected chi connectivity index (χ0v) is 12.9. The fourth-order valence-electron chi connectivity index (χ4n) is 1.81. The van der Waals surface area contributed by atoms with Crippen LogP contribution in [0.5, 0.6) is 5.75 Å². The first-order valence-corrected chi connectivity index (χ1v) is 7.32. The van der Waals surface area contributed by atoms with Gasteiger partial charge in [-0.2, -0.15) is 0 Å². The first-order valence-electron chi connectivity index (χ1n) is 7.32. The number of carboxylic acid groups (broad SMARTS) is 1. The van der Waals surface area contributed by atoms with Gasteiger partial charge >= 0.3 is 5.97 Å². The highest BCUT2D eigenvalue weighted by atomic mass is 16.5. The molecular formula is C17H23NO4. The molecule has 0 fully saturated rings. The molecule has 0 spiro atoms. The van der Waals surface area contributed by atoms with E-state index in [0.717, 1.165) is 29.7 Å². The predicted molar refractivity (Wildman–Crippen MR) is 85.0 cm³/mol. The van der Waals surface area contributed by atoms with E-state index in [2.05, 4.69) is 11.9 Å². The Balaban J connectivity index is 2.23. The van der Waals surface area contributed by atoms with Crippen molar-refractivity contribution in [3.63, 3.8) is 0 Å². The summed E-state index contributed by atoms with van der Waals surface area (Å²) >= 11 is 0. The standard InChI is InChI=1S/C17H23NO4/c1-13(2)12-22-15-8-6-14(7-9-15)4-3-5-16(19)18-11-10-17(20)21/h6-9H,1,3-5,10-12H2,2H3,(H,18,19)(H,20,21). The first-order chi connectivity index (χ1) is 10.5. The Labute approximate surface area is 131 Å². The third-order valence-corrected chi connectivity index (χ3v) is 2.94. The maximum atomic E-state index is 11.5. The molecule has 0 radical (unpaired) electrons. The molecule has 0 bridgehead atoms. The average Bonchev–Trinajstić information content (AvgIpc) is 2.46.